The number of aliphatic hydroxyl groups is 1. The van der Waals surface area contributed by atoms with Gasteiger partial charge in [-0.15, -0.1) is 0 Å². The Kier molecular flexibility index (Phi) is 4.35. The van der Waals surface area contributed by atoms with Crippen molar-refractivity contribution in [3.05, 3.63) is 28.5 Å². The molecule has 4 heteroatoms. The van der Waals surface area contributed by atoms with Gasteiger partial charge in [0.2, 0.25) is 0 Å². The molecule has 0 bridgehead atoms. The van der Waals surface area contributed by atoms with Gasteiger partial charge in [0, 0.05) is 30.4 Å². The fourth-order valence-corrected chi connectivity index (χ4v) is 1.50. The molecule has 1 aromatic rings. The quantitative estimate of drug-likeness (QED) is 0.872. The summed E-state index contributed by atoms with van der Waals surface area (Å²) >= 11 is 3.32. The van der Waals surface area contributed by atoms with E-state index in [1.165, 1.54) is 0 Å². The number of hydrogen-bond acceptors (Lipinski definition) is 3. The molecule has 13 heavy (non-hydrogen) atoms. The predicted octanol–water partition coefficient (Wildman–Crippen LogP) is 1.39. The van der Waals surface area contributed by atoms with Gasteiger partial charge in [-0.2, -0.15) is 0 Å². The van der Waals surface area contributed by atoms with Gasteiger partial charge in [-0.05, 0) is 27.6 Å². The molecule has 0 amide bonds. The number of methoxy groups -OCH3 is 1. The van der Waals surface area contributed by atoms with E-state index in [1.807, 2.05) is 6.07 Å². The van der Waals surface area contributed by atoms with Crippen LogP contribution >= 0.6 is 15.9 Å². The van der Waals surface area contributed by atoms with Crippen molar-refractivity contribution < 1.29 is 9.84 Å². The summed E-state index contributed by atoms with van der Waals surface area (Å²) in [6.45, 7) is 0.354. The smallest absolute Gasteiger partial charge is 0.0814 e. The molecule has 72 valence electrons. The highest BCUT2D eigenvalue weighted by Gasteiger charge is 2.05. The van der Waals surface area contributed by atoms with Crippen molar-refractivity contribution in [1.82, 2.24) is 4.98 Å². The summed E-state index contributed by atoms with van der Waals surface area (Å²) in [5, 5.41) is 9.43. The molecule has 0 saturated carbocycles. The standard InChI is InChI=1S/C9H12BrNO2/c1-13-6-9(12)3-7-2-8(10)5-11-4-7/h2,4-5,9,12H,3,6H2,1H3. The number of pyridine rings is 1. The van der Waals surface area contributed by atoms with Gasteiger partial charge in [-0.25, -0.2) is 0 Å². The van der Waals surface area contributed by atoms with E-state index in [-0.39, 0.29) is 0 Å². The predicted molar refractivity (Wildman–Crippen MR) is 53.5 cm³/mol. The van der Waals surface area contributed by atoms with E-state index in [0.717, 1.165) is 10.0 Å². The van der Waals surface area contributed by atoms with Crippen LogP contribution in [0.5, 0.6) is 0 Å². The summed E-state index contributed by atoms with van der Waals surface area (Å²) in [6, 6.07) is 1.94. The SMILES string of the molecule is COCC(O)Cc1cncc(Br)c1. The maximum Gasteiger partial charge on any atom is 0.0814 e. The maximum atomic E-state index is 9.43. The second-order valence-electron chi connectivity index (χ2n) is 2.82. The van der Waals surface area contributed by atoms with Crippen molar-refractivity contribution >= 4 is 15.9 Å². The Hall–Kier alpha value is -0.450. The number of halogens is 1. The molecule has 1 N–H and O–H groups in total. The van der Waals surface area contributed by atoms with E-state index in [9.17, 15) is 5.11 Å². The van der Waals surface area contributed by atoms with E-state index in [1.54, 1.807) is 19.5 Å². The molecule has 0 saturated heterocycles. The van der Waals surface area contributed by atoms with Crippen molar-refractivity contribution in [2.45, 2.75) is 12.5 Å². The average Bonchev–Trinajstić information content (AvgIpc) is 2.04. The minimum atomic E-state index is -0.457. The molecule has 0 spiro atoms. The lowest BCUT2D eigenvalue weighted by molar-refractivity contribution is 0.0650. The molecule has 0 fully saturated rings. The molecule has 0 aliphatic rings. The van der Waals surface area contributed by atoms with Crippen LogP contribution in [0.4, 0.5) is 0 Å². The van der Waals surface area contributed by atoms with E-state index in [4.69, 9.17) is 4.74 Å². The van der Waals surface area contributed by atoms with Crippen molar-refractivity contribution in [2.75, 3.05) is 13.7 Å². The molecular weight excluding hydrogens is 234 g/mol. The Morgan fingerprint density at radius 2 is 2.38 bits per heavy atom. The van der Waals surface area contributed by atoms with Gasteiger partial charge in [-0.1, -0.05) is 0 Å². The number of nitrogens with zero attached hydrogens (tertiary/aromatic N) is 1. The second-order valence-corrected chi connectivity index (χ2v) is 3.74. The molecule has 1 aromatic heterocycles. The molecule has 1 unspecified atom stereocenters. The zero-order chi connectivity index (χ0) is 9.68. The minimum absolute atomic E-state index is 0.354. The molecule has 1 rings (SSSR count). The lowest BCUT2D eigenvalue weighted by Crippen LogP contribution is -2.16. The first-order valence-corrected chi connectivity index (χ1v) is 4.78. The molecule has 0 aromatic carbocycles. The third kappa shape index (κ3) is 3.85. The maximum absolute atomic E-state index is 9.43. The summed E-state index contributed by atoms with van der Waals surface area (Å²) in [4.78, 5) is 4.00. The second kappa shape index (κ2) is 5.32. The van der Waals surface area contributed by atoms with Gasteiger partial charge in [0.15, 0.2) is 0 Å². The highest BCUT2D eigenvalue weighted by molar-refractivity contribution is 9.10. The average molecular weight is 246 g/mol. The molecular formula is C9H12BrNO2. The van der Waals surface area contributed by atoms with Crippen molar-refractivity contribution in [1.29, 1.82) is 0 Å². The fourth-order valence-electron chi connectivity index (χ4n) is 1.09. The zero-order valence-corrected chi connectivity index (χ0v) is 8.99. The van der Waals surface area contributed by atoms with Crippen molar-refractivity contribution in [3.63, 3.8) is 0 Å². The highest BCUT2D eigenvalue weighted by Crippen LogP contribution is 2.11. The number of aliphatic hydroxyl groups excluding tert-OH is 1. The van der Waals surface area contributed by atoms with E-state index >= 15 is 0 Å². The largest absolute Gasteiger partial charge is 0.390 e. The minimum Gasteiger partial charge on any atom is -0.390 e. The van der Waals surface area contributed by atoms with Gasteiger partial charge < -0.3 is 9.84 Å². The van der Waals surface area contributed by atoms with Crippen LogP contribution in [0.15, 0.2) is 22.9 Å². The summed E-state index contributed by atoms with van der Waals surface area (Å²) in [6.07, 6.45) is 3.57. The molecule has 1 heterocycles. The molecule has 0 aliphatic carbocycles. The van der Waals surface area contributed by atoms with Gasteiger partial charge in [-0.3, -0.25) is 4.98 Å². The molecule has 1 atom stereocenters. The van der Waals surface area contributed by atoms with Crippen LogP contribution in [0.3, 0.4) is 0 Å². The number of aromatic nitrogens is 1. The first-order chi connectivity index (χ1) is 6.22. The first kappa shape index (κ1) is 10.6. The Labute approximate surface area is 85.9 Å². The Bertz CT molecular complexity index is 268. The third-order valence-electron chi connectivity index (χ3n) is 1.59. The van der Waals surface area contributed by atoms with Crippen molar-refractivity contribution in [3.8, 4) is 0 Å². The van der Waals surface area contributed by atoms with Crippen LogP contribution in [0, 0.1) is 0 Å². The molecule has 0 radical (unpaired) electrons. The van der Waals surface area contributed by atoms with Crippen LogP contribution in [0.1, 0.15) is 5.56 Å². The Balaban J connectivity index is 2.53. The lowest BCUT2D eigenvalue weighted by Gasteiger charge is -2.08. The van der Waals surface area contributed by atoms with Crippen LogP contribution in [-0.4, -0.2) is 29.9 Å². The van der Waals surface area contributed by atoms with Crippen LogP contribution in [0.25, 0.3) is 0 Å². The summed E-state index contributed by atoms with van der Waals surface area (Å²) < 4.78 is 5.75. The zero-order valence-electron chi connectivity index (χ0n) is 7.40. The Morgan fingerprint density at radius 1 is 1.62 bits per heavy atom. The van der Waals surface area contributed by atoms with E-state index < -0.39 is 6.10 Å². The molecule has 0 aliphatic heterocycles. The van der Waals surface area contributed by atoms with Crippen LogP contribution in [-0.2, 0) is 11.2 Å². The van der Waals surface area contributed by atoms with Gasteiger partial charge in [0.1, 0.15) is 0 Å². The van der Waals surface area contributed by atoms with Gasteiger partial charge >= 0.3 is 0 Å². The number of hydrogen-bond donors (Lipinski definition) is 1. The lowest BCUT2D eigenvalue weighted by atomic mass is 10.1. The molecule has 3 nitrogen and oxygen atoms in total. The summed E-state index contributed by atoms with van der Waals surface area (Å²) in [5.74, 6) is 0. The van der Waals surface area contributed by atoms with Gasteiger partial charge in [0.05, 0.1) is 12.7 Å². The topological polar surface area (TPSA) is 42.4 Å². The highest BCUT2D eigenvalue weighted by atomic mass is 79.9. The fraction of sp³-hybridized carbons (Fsp3) is 0.444. The van der Waals surface area contributed by atoms with Crippen LogP contribution in [0.2, 0.25) is 0 Å². The summed E-state index contributed by atoms with van der Waals surface area (Å²) in [7, 11) is 1.57. The van der Waals surface area contributed by atoms with Gasteiger partial charge in [0.25, 0.3) is 0 Å². The van der Waals surface area contributed by atoms with E-state index in [2.05, 4.69) is 20.9 Å². The van der Waals surface area contributed by atoms with E-state index in [0.29, 0.717) is 13.0 Å². The van der Waals surface area contributed by atoms with Crippen molar-refractivity contribution in [2.24, 2.45) is 0 Å². The first-order valence-electron chi connectivity index (χ1n) is 3.99. The van der Waals surface area contributed by atoms with Crippen LogP contribution < -0.4 is 0 Å². The number of rotatable bonds is 4. The monoisotopic (exact) mass is 245 g/mol. The Morgan fingerprint density at radius 3 is 3.00 bits per heavy atom. The number of ether oxygens (including phenoxy) is 1. The third-order valence-corrected chi connectivity index (χ3v) is 2.03. The normalized spacial score (nSPS) is 12.8. The summed E-state index contributed by atoms with van der Waals surface area (Å²) in [5.41, 5.74) is 0.999.